The molecule has 30 heavy (non-hydrogen) atoms. The molecule has 1 aliphatic rings. The van der Waals surface area contributed by atoms with Gasteiger partial charge >= 0.3 is 0 Å². The summed E-state index contributed by atoms with van der Waals surface area (Å²) in [5.41, 5.74) is 3.69. The molecule has 0 saturated carbocycles. The Balaban J connectivity index is 1.66. The molecule has 0 bridgehead atoms. The van der Waals surface area contributed by atoms with Crippen molar-refractivity contribution in [3.05, 3.63) is 77.4 Å². The van der Waals surface area contributed by atoms with Crippen molar-refractivity contribution in [3.8, 4) is 28.4 Å². The lowest BCUT2D eigenvalue weighted by molar-refractivity contribution is 0.216. The van der Waals surface area contributed by atoms with Gasteiger partial charge in [0.15, 0.2) is 23.1 Å². The number of hydrogen-bond donors (Lipinski definition) is 0. The Morgan fingerprint density at radius 2 is 1.80 bits per heavy atom. The van der Waals surface area contributed by atoms with E-state index in [2.05, 4.69) is 11.0 Å². The van der Waals surface area contributed by atoms with Crippen LogP contribution in [0.1, 0.15) is 11.1 Å². The van der Waals surface area contributed by atoms with Gasteiger partial charge < -0.3 is 14.2 Å². The summed E-state index contributed by atoms with van der Waals surface area (Å²) < 4.78 is 43.8. The fourth-order valence-electron chi connectivity index (χ4n) is 3.69. The Morgan fingerprint density at radius 3 is 2.57 bits per heavy atom. The van der Waals surface area contributed by atoms with Gasteiger partial charge in [-0.2, -0.15) is 0 Å². The largest absolute Gasteiger partial charge is 0.497 e. The highest BCUT2D eigenvalue weighted by Gasteiger charge is 2.21. The minimum atomic E-state index is -0.837. The number of methoxy groups -OCH3 is 2. The highest BCUT2D eigenvalue weighted by Crippen LogP contribution is 2.39. The van der Waals surface area contributed by atoms with E-state index < -0.39 is 11.6 Å². The number of nitrogens with zero attached hydrogens (tertiary/aromatic N) is 1. The molecule has 0 N–H and O–H groups in total. The molecule has 1 aliphatic heterocycles. The molecule has 0 spiro atoms. The molecule has 0 aliphatic carbocycles. The van der Waals surface area contributed by atoms with Crippen LogP contribution in [-0.4, -0.2) is 32.3 Å². The molecule has 4 rings (SSSR count). The van der Waals surface area contributed by atoms with Crippen molar-refractivity contribution in [3.63, 3.8) is 0 Å². The molecule has 0 amide bonds. The fraction of sp³-hybridized carbons (Fsp3) is 0.250. The second-order valence-corrected chi connectivity index (χ2v) is 7.21. The molecule has 156 valence electrons. The van der Waals surface area contributed by atoms with Crippen molar-refractivity contribution in [2.45, 2.75) is 13.1 Å². The highest BCUT2D eigenvalue weighted by atomic mass is 19.2. The van der Waals surface area contributed by atoms with Crippen LogP contribution >= 0.6 is 0 Å². The van der Waals surface area contributed by atoms with Gasteiger partial charge in [0.05, 0.1) is 14.2 Å². The molecule has 0 unspecified atom stereocenters. The van der Waals surface area contributed by atoms with Gasteiger partial charge in [-0.15, -0.1) is 0 Å². The molecule has 1 heterocycles. The van der Waals surface area contributed by atoms with Gasteiger partial charge in [0.1, 0.15) is 12.4 Å². The van der Waals surface area contributed by atoms with E-state index in [1.54, 1.807) is 20.3 Å². The minimum absolute atomic E-state index is 0.478. The van der Waals surface area contributed by atoms with Crippen LogP contribution in [0, 0.1) is 11.6 Å². The maximum absolute atomic E-state index is 13.6. The van der Waals surface area contributed by atoms with E-state index >= 15 is 0 Å². The monoisotopic (exact) mass is 411 g/mol. The SMILES string of the molecule is COc1cccc(-c2cc3c(c(OC)c2)OCCN(Cc2ccc(F)c(F)c2)C3)c1. The van der Waals surface area contributed by atoms with Gasteiger partial charge in [-0.1, -0.05) is 18.2 Å². The van der Waals surface area contributed by atoms with Crippen LogP contribution in [0.4, 0.5) is 8.78 Å². The molecule has 0 atom stereocenters. The standard InChI is InChI=1S/C24H23F2NO3/c1-28-20-5-3-4-17(12-20)18-11-19-15-27(8-9-30-24(19)23(13-18)29-2)14-16-6-7-21(25)22(26)10-16/h3-7,10-13H,8-9,14-15H2,1-2H3. The van der Waals surface area contributed by atoms with Crippen LogP contribution in [-0.2, 0) is 13.1 Å². The van der Waals surface area contributed by atoms with Crippen LogP contribution in [0.3, 0.4) is 0 Å². The van der Waals surface area contributed by atoms with Gasteiger partial charge in [0.2, 0.25) is 0 Å². The lowest BCUT2D eigenvalue weighted by atomic mass is 10.0. The van der Waals surface area contributed by atoms with Crippen molar-refractivity contribution in [1.82, 2.24) is 4.90 Å². The van der Waals surface area contributed by atoms with E-state index in [1.807, 2.05) is 30.3 Å². The Kier molecular flexibility index (Phi) is 5.86. The van der Waals surface area contributed by atoms with E-state index in [-0.39, 0.29) is 0 Å². The third-order valence-corrected chi connectivity index (χ3v) is 5.19. The first kappa shape index (κ1) is 20.2. The van der Waals surface area contributed by atoms with Crippen LogP contribution in [0.5, 0.6) is 17.2 Å². The number of fused-ring (bicyclic) bond motifs is 1. The topological polar surface area (TPSA) is 30.9 Å². The molecule has 6 heteroatoms. The van der Waals surface area contributed by atoms with E-state index in [0.717, 1.165) is 34.3 Å². The zero-order valence-electron chi connectivity index (χ0n) is 17.0. The summed E-state index contributed by atoms with van der Waals surface area (Å²) in [7, 11) is 3.26. The molecule has 0 aromatic heterocycles. The fourth-order valence-corrected chi connectivity index (χ4v) is 3.69. The van der Waals surface area contributed by atoms with Crippen LogP contribution < -0.4 is 14.2 Å². The van der Waals surface area contributed by atoms with Crippen LogP contribution in [0.25, 0.3) is 11.1 Å². The van der Waals surface area contributed by atoms with Crippen molar-refractivity contribution in [2.24, 2.45) is 0 Å². The number of ether oxygens (including phenoxy) is 3. The van der Waals surface area contributed by atoms with E-state index in [0.29, 0.717) is 37.6 Å². The number of rotatable bonds is 5. The van der Waals surface area contributed by atoms with E-state index in [4.69, 9.17) is 14.2 Å². The third-order valence-electron chi connectivity index (χ3n) is 5.19. The van der Waals surface area contributed by atoms with Gasteiger partial charge in [0.25, 0.3) is 0 Å². The Bertz CT molecular complexity index is 1050. The molecule has 0 radical (unpaired) electrons. The van der Waals surface area contributed by atoms with E-state index in [1.165, 1.54) is 6.07 Å². The molecular formula is C24H23F2NO3. The minimum Gasteiger partial charge on any atom is -0.497 e. The first-order valence-electron chi connectivity index (χ1n) is 9.72. The highest BCUT2D eigenvalue weighted by molar-refractivity contribution is 5.70. The first-order chi connectivity index (χ1) is 14.6. The molecule has 4 nitrogen and oxygen atoms in total. The average molecular weight is 411 g/mol. The van der Waals surface area contributed by atoms with Crippen molar-refractivity contribution < 1.29 is 23.0 Å². The summed E-state index contributed by atoms with van der Waals surface area (Å²) in [4.78, 5) is 2.15. The number of halogens is 2. The maximum atomic E-state index is 13.6. The summed E-state index contributed by atoms with van der Waals surface area (Å²) >= 11 is 0. The van der Waals surface area contributed by atoms with E-state index in [9.17, 15) is 8.78 Å². The van der Waals surface area contributed by atoms with Gasteiger partial charge in [-0.05, 0) is 53.1 Å². The zero-order chi connectivity index (χ0) is 21.1. The summed E-state index contributed by atoms with van der Waals surface area (Å²) in [5, 5.41) is 0. The molecule has 3 aromatic rings. The lowest BCUT2D eigenvalue weighted by Crippen LogP contribution is -2.25. The van der Waals surface area contributed by atoms with Gasteiger partial charge in [-0.3, -0.25) is 4.90 Å². The Morgan fingerprint density at radius 1 is 0.933 bits per heavy atom. The summed E-state index contributed by atoms with van der Waals surface area (Å²) in [6.45, 7) is 2.23. The second-order valence-electron chi connectivity index (χ2n) is 7.21. The van der Waals surface area contributed by atoms with Crippen molar-refractivity contribution >= 4 is 0 Å². The predicted molar refractivity (Wildman–Crippen MR) is 111 cm³/mol. The number of benzene rings is 3. The van der Waals surface area contributed by atoms with Crippen molar-refractivity contribution in [2.75, 3.05) is 27.4 Å². The Labute approximate surface area is 174 Å². The van der Waals surface area contributed by atoms with Crippen LogP contribution in [0.2, 0.25) is 0 Å². The lowest BCUT2D eigenvalue weighted by Gasteiger charge is -2.20. The Hall–Kier alpha value is -3.12. The average Bonchev–Trinajstić information content (AvgIpc) is 2.97. The zero-order valence-corrected chi connectivity index (χ0v) is 17.0. The van der Waals surface area contributed by atoms with Gasteiger partial charge in [-0.25, -0.2) is 8.78 Å². The predicted octanol–water partition coefficient (Wildman–Crippen LogP) is 5.04. The van der Waals surface area contributed by atoms with Crippen molar-refractivity contribution in [1.29, 1.82) is 0 Å². The molecule has 0 fully saturated rings. The summed E-state index contributed by atoms with van der Waals surface area (Å²) in [6, 6.07) is 15.9. The maximum Gasteiger partial charge on any atom is 0.165 e. The number of hydrogen-bond acceptors (Lipinski definition) is 4. The first-order valence-corrected chi connectivity index (χ1v) is 9.72. The summed E-state index contributed by atoms with van der Waals surface area (Å²) in [6.07, 6.45) is 0. The summed E-state index contributed by atoms with van der Waals surface area (Å²) in [5.74, 6) is 0.492. The molecular weight excluding hydrogens is 388 g/mol. The normalized spacial score (nSPS) is 13.9. The van der Waals surface area contributed by atoms with Gasteiger partial charge in [0, 0.05) is 25.2 Å². The third kappa shape index (κ3) is 4.24. The second kappa shape index (κ2) is 8.71. The quantitative estimate of drug-likeness (QED) is 0.588. The smallest absolute Gasteiger partial charge is 0.165 e. The molecule has 0 saturated heterocycles. The molecule has 3 aromatic carbocycles. The van der Waals surface area contributed by atoms with Crippen LogP contribution in [0.15, 0.2) is 54.6 Å².